The Hall–Kier alpha value is -1.82. The van der Waals surface area contributed by atoms with Crippen molar-refractivity contribution in [3.05, 3.63) is 41.7 Å². The van der Waals surface area contributed by atoms with Crippen molar-refractivity contribution in [3.8, 4) is 5.69 Å². The minimum atomic E-state index is -0.938. The molecule has 84 valence electrons. The van der Waals surface area contributed by atoms with Gasteiger partial charge in [0.05, 0.1) is 11.9 Å². The number of halogens is 2. The summed E-state index contributed by atoms with van der Waals surface area (Å²) in [4.78, 5) is 0. The third-order valence-corrected chi connectivity index (χ3v) is 2.12. The van der Waals surface area contributed by atoms with E-state index in [4.69, 9.17) is 5.73 Å². The van der Waals surface area contributed by atoms with E-state index in [-0.39, 0.29) is 5.69 Å². The highest BCUT2D eigenvalue weighted by atomic mass is 19.2. The highest BCUT2D eigenvalue weighted by Crippen LogP contribution is 2.15. The molecule has 1 heterocycles. The zero-order valence-electron chi connectivity index (χ0n) is 8.40. The second kappa shape index (κ2) is 4.36. The molecule has 0 aliphatic rings. The fourth-order valence-electron chi connectivity index (χ4n) is 1.35. The van der Waals surface area contributed by atoms with Gasteiger partial charge in [0.2, 0.25) is 0 Å². The van der Waals surface area contributed by atoms with Crippen LogP contribution in [0.15, 0.2) is 24.4 Å². The van der Waals surface area contributed by atoms with E-state index in [9.17, 15) is 8.78 Å². The second-order valence-corrected chi connectivity index (χ2v) is 3.27. The van der Waals surface area contributed by atoms with E-state index in [0.29, 0.717) is 18.7 Å². The SMILES string of the molecule is NCCc1cn(-c2cccc(F)c2F)nn1. The molecule has 0 aliphatic carbocycles. The first-order valence-electron chi connectivity index (χ1n) is 4.78. The Morgan fingerprint density at radius 3 is 2.88 bits per heavy atom. The summed E-state index contributed by atoms with van der Waals surface area (Å²) in [6.45, 7) is 0.435. The minimum Gasteiger partial charge on any atom is -0.330 e. The summed E-state index contributed by atoms with van der Waals surface area (Å²) < 4.78 is 27.6. The number of aromatic nitrogens is 3. The Labute approximate surface area is 90.7 Å². The second-order valence-electron chi connectivity index (χ2n) is 3.27. The number of rotatable bonds is 3. The van der Waals surface area contributed by atoms with Crippen LogP contribution in [0, 0.1) is 11.6 Å². The third kappa shape index (κ3) is 1.92. The van der Waals surface area contributed by atoms with Crippen molar-refractivity contribution in [1.29, 1.82) is 0 Å². The molecule has 0 atom stereocenters. The molecule has 0 aliphatic heterocycles. The van der Waals surface area contributed by atoms with Crippen LogP contribution in [0.3, 0.4) is 0 Å². The first kappa shape index (κ1) is 10.7. The molecule has 1 aromatic carbocycles. The van der Waals surface area contributed by atoms with Crippen molar-refractivity contribution < 1.29 is 8.78 Å². The molecule has 1 aromatic heterocycles. The number of benzene rings is 1. The molecule has 0 saturated carbocycles. The molecule has 0 bridgehead atoms. The molecular formula is C10H10F2N4. The van der Waals surface area contributed by atoms with Gasteiger partial charge < -0.3 is 5.73 Å². The van der Waals surface area contributed by atoms with Gasteiger partial charge in [-0.15, -0.1) is 5.10 Å². The Bertz CT molecular complexity index is 495. The normalized spacial score (nSPS) is 10.7. The number of hydrogen-bond acceptors (Lipinski definition) is 3. The summed E-state index contributed by atoms with van der Waals surface area (Å²) in [6, 6.07) is 3.90. The van der Waals surface area contributed by atoms with Crippen LogP contribution in [0.1, 0.15) is 5.69 Å². The van der Waals surface area contributed by atoms with Gasteiger partial charge in [0, 0.05) is 6.42 Å². The quantitative estimate of drug-likeness (QED) is 0.847. The topological polar surface area (TPSA) is 56.7 Å². The number of nitrogens with two attached hydrogens (primary N) is 1. The van der Waals surface area contributed by atoms with Gasteiger partial charge in [0.1, 0.15) is 5.69 Å². The summed E-state index contributed by atoms with van der Waals surface area (Å²) in [5.41, 5.74) is 6.03. The summed E-state index contributed by atoms with van der Waals surface area (Å²) >= 11 is 0. The standard InChI is InChI=1S/C10H10F2N4/c11-8-2-1-3-9(10(8)12)16-6-7(4-5-13)14-15-16/h1-3,6H,4-5,13H2. The van der Waals surface area contributed by atoms with Crippen LogP contribution in [0.2, 0.25) is 0 Å². The Kier molecular flexibility index (Phi) is 2.91. The van der Waals surface area contributed by atoms with Crippen molar-refractivity contribution in [1.82, 2.24) is 15.0 Å². The van der Waals surface area contributed by atoms with Gasteiger partial charge in [-0.1, -0.05) is 11.3 Å². The number of hydrogen-bond donors (Lipinski definition) is 1. The van der Waals surface area contributed by atoms with E-state index in [1.807, 2.05) is 0 Å². The lowest BCUT2D eigenvalue weighted by Crippen LogP contribution is -2.02. The van der Waals surface area contributed by atoms with E-state index in [0.717, 1.165) is 6.07 Å². The lowest BCUT2D eigenvalue weighted by atomic mass is 10.3. The lowest BCUT2D eigenvalue weighted by Gasteiger charge is -2.01. The average Bonchev–Trinajstić information content (AvgIpc) is 2.71. The Balaban J connectivity index is 2.39. The molecule has 2 rings (SSSR count). The van der Waals surface area contributed by atoms with Crippen molar-refractivity contribution >= 4 is 0 Å². The Morgan fingerprint density at radius 2 is 2.12 bits per heavy atom. The molecule has 0 unspecified atom stereocenters. The summed E-state index contributed by atoms with van der Waals surface area (Å²) in [5, 5.41) is 7.51. The fraction of sp³-hybridized carbons (Fsp3) is 0.200. The van der Waals surface area contributed by atoms with Crippen LogP contribution < -0.4 is 5.73 Å². The van der Waals surface area contributed by atoms with Crippen LogP contribution in [0.5, 0.6) is 0 Å². The predicted octanol–water partition coefficient (Wildman–Crippen LogP) is 1.05. The molecule has 2 aromatic rings. The van der Waals surface area contributed by atoms with Gasteiger partial charge in [-0.3, -0.25) is 0 Å². The molecule has 0 radical (unpaired) electrons. The molecule has 0 saturated heterocycles. The zero-order valence-corrected chi connectivity index (χ0v) is 8.40. The van der Waals surface area contributed by atoms with Crippen LogP contribution >= 0.6 is 0 Å². The van der Waals surface area contributed by atoms with E-state index >= 15 is 0 Å². The van der Waals surface area contributed by atoms with E-state index in [1.165, 1.54) is 23.0 Å². The first-order valence-corrected chi connectivity index (χ1v) is 4.78. The maximum absolute atomic E-state index is 13.4. The third-order valence-electron chi connectivity index (χ3n) is 2.12. The van der Waals surface area contributed by atoms with Crippen LogP contribution in [-0.4, -0.2) is 21.5 Å². The van der Waals surface area contributed by atoms with Gasteiger partial charge in [-0.05, 0) is 18.7 Å². The minimum absolute atomic E-state index is 0.0378. The summed E-state index contributed by atoms with van der Waals surface area (Å²) in [6.07, 6.45) is 2.08. The zero-order chi connectivity index (χ0) is 11.5. The van der Waals surface area contributed by atoms with Crippen molar-refractivity contribution in [2.24, 2.45) is 5.73 Å². The van der Waals surface area contributed by atoms with Crippen molar-refractivity contribution in [3.63, 3.8) is 0 Å². The van der Waals surface area contributed by atoms with E-state index < -0.39 is 11.6 Å². The van der Waals surface area contributed by atoms with Gasteiger partial charge in [0.15, 0.2) is 11.6 Å². The maximum atomic E-state index is 13.4. The predicted molar refractivity (Wildman–Crippen MR) is 54.0 cm³/mol. The molecule has 4 nitrogen and oxygen atoms in total. The van der Waals surface area contributed by atoms with Gasteiger partial charge in [-0.25, -0.2) is 13.5 Å². The smallest absolute Gasteiger partial charge is 0.184 e. The van der Waals surface area contributed by atoms with Crippen LogP contribution in [0.4, 0.5) is 8.78 Å². The average molecular weight is 224 g/mol. The van der Waals surface area contributed by atoms with Crippen molar-refractivity contribution in [2.75, 3.05) is 6.54 Å². The monoisotopic (exact) mass is 224 g/mol. The maximum Gasteiger partial charge on any atom is 0.184 e. The molecular weight excluding hydrogens is 214 g/mol. The highest BCUT2D eigenvalue weighted by Gasteiger charge is 2.10. The highest BCUT2D eigenvalue weighted by molar-refractivity contribution is 5.33. The van der Waals surface area contributed by atoms with Gasteiger partial charge in [0.25, 0.3) is 0 Å². The van der Waals surface area contributed by atoms with E-state index in [2.05, 4.69) is 10.3 Å². The summed E-state index contributed by atoms with van der Waals surface area (Å²) in [7, 11) is 0. The largest absolute Gasteiger partial charge is 0.330 e. The van der Waals surface area contributed by atoms with Crippen molar-refractivity contribution in [2.45, 2.75) is 6.42 Å². The molecule has 0 amide bonds. The Morgan fingerprint density at radius 1 is 1.31 bits per heavy atom. The lowest BCUT2D eigenvalue weighted by molar-refractivity contribution is 0.500. The van der Waals surface area contributed by atoms with Gasteiger partial charge >= 0.3 is 0 Å². The summed E-state index contributed by atoms with van der Waals surface area (Å²) in [5.74, 6) is -1.85. The number of nitrogens with zero attached hydrogens (tertiary/aromatic N) is 3. The molecule has 6 heteroatoms. The van der Waals surface area contributed by atoms with E-state index in [1.54, 1.807) is 0 Å². The molecule has 0 fully saturated rings. The molecule has 0 spiro atoms. The first-order chi connectivity index (χ1) is 7.72. The van der Waals surface area contributed by atoms with Crippen LogP contribution in [0.25, 0.3) is 5.69 Å². The molecule has 16 heavy (non-hydrogen) atoms. The van der Waals surface area contributed by atoms with Crippen LogP contribution in [-0.2, 0) is 6.42 Å². The fourth-order valence-corrected chi connectivity index (χ4v) is 1.35. The molecule has 2 N–H and O–H groups in total. The van der Waals surface area contributed by atoms with Gasteiger partial charge in [-0.2, -0.15) is 0 Å².